The highest BCUT2D eigenvalue weighted by atomic mass is 32.2. The van der Waals surface area contributed by atoms with Crippen LogP contribution in [0, 0.1) is 0 Å². The lowest BCUT2D eigenvalue weighted by molar-refractivity contribution is 0.418. The third-order valence-corrected chi connectivity index (χ3v) is 5.23. The van der Waals surface area contributed by atoms with Gasteiger partial charge in [0.15, 0.2) is 0 Å². The predicted molar refractivity (Wildman–Crippen MR) is 55.8 cm³/mol. The summed E-state index contributed by atoms with van der Waals surface area (Å²) < 4.78 is 2.45. The molecule has 0 spiro atoms. The molecule has 1 atom stereocenters. The third-order valence-electron chi connectivity index (χ3n) is 2.06. The molecule has 0 fully saturated rings. The summed E-state index contributed by atoms with van der Waals surface area (Å²) in [6.45, 7) is 7.06. The van der Waals surface area contributed by atoms with Crippen molar-refractivity contribution in [3.05, 3.63) is 0 Å². The van der Waals surface area contributed by atoms with Gasteiger partial charge in [-0.3, -0.25) is 4.99 Å². The Bertz CT molecular complexity index is 164. The van der Waals surface area contributed by atoms with Crippen LogP contribution in [0.1, 0.15) is 0 Å². The number of nitrogens with zero attached hydrogens (tertiary/aromatic N) is 2. The summed E-state index contributed by atoms with van der Waals surface area (Å²) in [4.78, 5) is 4.40. The molecule has 1 unspecified atom stereocenters. The first-order valence-electron chi connectivity index (χ1n) is 3.88. The van der Waals surface area contributed by atoms with Crippen molar-refractivity contribution >= 4 is 25.5 Å². The van der Waals surface area contributed by atoms with E-state index in [1.165, 1.54) is 0 Å². The van der Waals surface area contributed by atoms with Crippen LogP contribution in [0.2, 0.25) is 19.6 Å². The minimum Gasteiger partial charge on any atom is -0.306 e. The molecule has 0 saturated heterocycles. The van der Waals surface area contributed by atoms with Crippen LogP contribution >= 0.6 is 11.8 Å². The van der Waals surface area contributed by atoms with E-state index in [4.69, 9.17) is 0 Å². The molecule has 64 valence electrons. The van der Waals surface area contributed by atoms with Gasteiger partial charge in [0.2, 0.25) is 0 Å². The summed E-state index contributed by atoms with van der Waals surface area (Å²) in [5.74, 6) is 1.14. The lowest BCUT2D eigenvalue weighted by atomic mass is 10.6. The van der Waals surface area contributed by atoms with E-state index in [9.17, 15) is 0 Å². The van der Waals surface area contributed by atoms with Crippen LogP contribution in [-0.4, -0.2) is 37.3 Å². The lowest BCUT2D eigenvalue weighted by Gasteiger charge is -2.33. The highest BCUT2D eigenvalue weighted by molar-refractivity contribution is 8.12. The van der Waals surface area contributed by atoms with Crippen molar-refractivity contribution in [3.8, 4) is 0 Å². The predicted octanol–water partition coefficient (Wildman–Crippen LogP) is 1.85. The maximum absolute atomic E-state index is 4.40. The Balaban J connectivity index is 2.53. The highest BCUT2D eigenvalue weighted by Crippen LogP contribution is 2.19. The topological polar surface area (TPSA) is 15.6 Å². The number of hydrogen-bond donors (Lipinski definition) is 0. The summed E-state index contributed by atoms with van der Waals surface area (Å²) in [6.07, 6.45) is 0.451. The molecule has 0 aromatic rings. The van der Waals surface area contributed by atoms with Gasteiger partial charge < -0.3 is 4.57 Å². The zero-order valence-corrected chi connectivity index (χ0v) is 9.48. The average Bonchev–Trinajstić information content (AvgIpc) is 2.34. The molecule has 0 amide bonds. The van der Waals surface area contributed by atoms with Crippen LogP contribution in [0.5, 0.6) is 0 Å². The maximum atomic E-state index is 4.40. The molecule has 1 heterocycles. The summed E-state index contributed by atoms with van der Waals surface area (Å²) in [5, 5.41) is 0. The summed E-state index contributed by atoms with van der Waals surface area (Å²) in [5.41, 5.74) is 1.97. The standard InChI is InChI=1S/C7H16N2SSi/c1-9(11(2,3)4)7-5-10-6-8-7/h6-7H,5H2,1-4H3. The summed E-state index contributed by atoms with van der Waals surface area (Å²) in [6, 6.07) is 0. The lowest BCUT2D eigenvalue weighted by Crippen LogP contribution is -2.48. The normalized spacial score (nSPS) is 25.0. The molecule has 11 heavy (non-hydrogen) atoms. The first kappa shape index (κ1) is 9.29. The van der Waals surface area contributed by atoms with E-state index >= 15 is 0 Å². The van der Waals surface area contributed by atoms with Crippen molar-refractivity contribution in [1.82, 2.24) is 4.57 Å². The largest absolute Gasteiger partial charge is 0.306 e. The number of hydrogen-bond acceptors (Lipinski definition) is 3. The molecular weight excluding hydrogens is 172 g/mol. The van der Waals surface area contributed by atoms with Gasteiger partial charge in [0.1, 0.15) is 14.4 Å². The zero-order chi connectivity index (χ0) is 8.48. The molecule has 0 saturated carbocycles. The average molecular weight is 188 g/mol. The molecule has 0 bridgehead atoms. The van der Waals surface area contributed by atoms with E-state index in [1.807, 2.05) is 17.3 Å². The fourth-order valence-corrected chi connectivity index (χ4v) is 2.92. The van der Waals surface area contributed by atoms with Crippen molar-refractivity contribution in [3.63, 3.8) is 0 Å². The van der Waals surface area contributed by atoms with E-state index in [-0.39, 0.29) is 0 Å². The van der Waals surface area contributed by atoms with Crippen LogP contribution in [0.3, 0.4) is 0 Å². The second-order valence-electron chi connectivity index (χ2n) is 3.85. The van der Waals surface area contributed by atoms with Gasteiger partial charge in [-0.05, 0) is 7.05 Å². The van der Waals surface area contributed by atoms with Gasteiger partial charge in [-0.1, -0.05) is 19.6 Å². The Hall–Kier alpha value is 0.197. The van der Waals surface area contributed by atoms with Crippen molar-refractivity contribution in [2.24, 2.45) is 4.99 Å². The number of aliphatic imine (C=N–C) groups is 1. The van der Waals surface area contributed by atoms with Crippen molar-refractivity contribution in [2.45, 2.75) is 25.8 Å². The van der Waals surface area contributed by atoms with Crippen molar-refractivity contribution < 1.29 is 0 Å². The van der Waals surface area contributed by atoms with Crippen molar-refractivity contribution in [2.75, 3.05) is 12.8 Å². The van der Waals surface area contributed by atoms with Gasteiger partial charge in [0, 0.05) is 5.75 Å². The molecular formula is C7H16N2SSi. The van der Waals surface area contributed by atoms with Gasteiger partial charge in [-0.15, -0.1) is 11.8 Å². The van der Waals surface area contributed by atoms with Gasteiger partial charge >= 0.3 is 0 Å². The molecule has 0 N–H and O–H groups in total. The van der Waals surface area contributed by atoms with Crippen LogP contribution in [-0.2, 0) is 0 Å². The molecule has 0 aromatic heterocycles. The van der Waals surface area contributed by atoms with Gasteiger partial charge in [-0.25, -0.2) is 0 Å². The fourth-order valence-electron chi connectivity index (χ4n) is 0.944. The Morgan fingerprint density at radius 3 is 2.55 bits per heavy atom. The highest BCUT2D eigenvalue weighted by Gasteiger charge is 2.27. The molecule has 4 heteroatoms. The summed E-state index contributed by atoms with van der Waals surface area (Å²) in [7, 11) is 1.08. The first-order chi connectivity index (χ1) is 5.02. The quantitative estimate of drug-likeness (QED) is 0.615. The van der Waals surface area contributed by atoms with Gasteiger partial charge in [0.25, 0.3) is 0 Å². The van der Waals surface area contributed by atoms with Crippen LogP contribution in [0.25, 0.3) is 0 Å². The molecule has 1 rings (SSSR count). The Labute approximate surface area is 74.2 Å². The second-order valence-corrected chi connectivity index (χ2v) is 9.77. The van der Waals surface area contributed by atoms with Crippen LogP contribution in [0.15, 0.2) is 4.99 Å². The van der Waals surface area contributed by atoms with E-state index in [2.05, 4.69) is 36.2 Å². The SMILES string of the molecule is CN(C1CSC=N1)[Si](C)(C)C. The monoisotopic (exact) mass is 188 g/mol. The molecule has 1 aliphatic heterocycles. The second kappa shape index (κ2) is 3.29. The maximum Gasteiger partial charge on any atom is 0.121 e. The van der Waals surface area contributed by atoms with Gasteiger partial charge in [0.05, 0.1) is 5.55 Å². The molecule has 0 aliphatic carbocycles. The van der Waals surface area contributed by atoms with Gasteiger partial charge in [-0.2, -0.15) is 0 Å². The minimum absolute atomic E-state index is 0.451. The zero-order valence-electron chi connectivity index (χ0n) is 7.66. The fraction of sp³-hybridized carbons (Fsp3) is 0.857. The number of rotatable bonds is 2. The van der Waals surface area contributed by atoms with Crippen LogP contribution < -0.4 is 0 Å². The van der Waals surface area contributed by atoms with Crippen LogP contribution in [0.4, 0.5) is 0 Å². The van der Waals surface area contributed by atoms with E-state index < -0.39 is 8.24 Å². The van der Waals surface area contributed by atoms with Crippen molar-refractivity contribution in [1.29, 1.82) is 0 Å². The summed E-state index contributed by atoms with van der Waals surface area (Å²) >= 11 is 1.82. The smallest absolute Gasteiger partial charge is 0.121 e. The number of thioether (sulfide) groups is 1. The molecule has 2 nitrogen and oxygen atoms in total. The van der Waals surface area contributed by atoms with E-state index in [0.717, 1.165) is 5.75 Å². The Morgan fingerprint density at radius 2 is 2.18 bits per heavy atom. The van der Waals surface area contributed by atoms with E-state index in [1.54, 1.807) is 0 Å². The third kappa shape index (κ3) is 2.32. The Kier molecular flexibility index (Phi) is 2.78. The molecule has 1 aliphatic rings. The van der Waals surface area contributed by atoms with E-state index in [0.29, 0.717) is 6.17 Å². The minimum atomic E-state index is -1.12. The first-order valence-corrected chi connectivity index (χ1v) is 8.37. The molecule has 0 aromatic carbocycles. The molecule has 0 radical (unpaired) electrons. The Morgan fingerprint density at radius 1 is 1.55 bits per heavy atom.